The van der Waals surface area contributed by atoms with E-state index in [0.717, 1.165) is 30.8 Å². The number of aromatic nitrogens is 2. The summed E-state index contributed by atoms with van der Waals surface area (Å²) in [6, 6.07) is 0.517. The van der Waals surface area contributed by atoms with E-state index in [2.05, 4.69) is 15.1 Å². The monoisotopic (exact) mass is 300 g/mol. The maximum absolute atomic E-state index is 12.3. The van der Waals surface area contributed by atoms with E-state index in [1.165, 1.54) is 32.4 Å². The molecule has 5 nitrogen and oxygen atoms in total. The molecule has 1 unspecified atom stereocenters. The van der Waals surface area contributed by atoms with Crippen LogP contribution < -0.4 is 0 Å². The number of hydrogen-bond donors (Lipinski definition) is 0. The van der Waals surface area contributed by atoms with Crippen LogP contribution in [-0.2, 0) is 0 Å². The fourth-order valence-corrected chi connectivity index (χ4v) is 3.77. The zero-order valence-corrected chi connectivity index (χ0v) is 12.3. The van der Waals surface area contributed by atoms with Gasteiger partial charge in [-0.15, -0.1) is 10.2 Å². The lowest BCUT2D eigenvalue weighted by Gasteiger charge is -2.37. The number of amides is 1. The minimum Gasteiger partial charge on any atom is -0.335 e. The van der Waals surface area contributed by atoms with E-state index in [0.29, 0.717) is 15.5 Å². The standard InChI is InChI=1S/C12H17ClN4OS/c13-12-15-14-10(19-12)11(18)17-7-3-4-9(8-17)16-5-1-2-6-16/h9H,1-8H2. The van der Waals surface area contributed by atoms with Gasteiger partial charge in [0.1, 0.15) is 0 Å². The molecular formula is C12H17ClN4OS. The van der Waals surface area contributed by atoms with E-state index in [4.69, 9.17) is 11.6 Å². The van der Waals surface area contributed by atoms with Crippen LogP contribution in [0.15, 0.2) is 0 Å². The van der Waals surface area contributed by atoms with Crippen molar-refractivity contribution < 1.29 is 4.79 Å². The molecule has 0 bridgehead atoms. The van der Waals surface area contributed by atoms with Gasteiger partial charge in [-0.2, -0.15) is 0 Å². The molecule has 1 aromatic heterocycles. The first kappa shape index (κ1) is 13.3. The van der Waals surface area contributed by atoms with Crippen molar-refractivity contribution in [1.82, 2.24) is 20.0 Å². The van der Waals surface area contributed by atoms with Crippen molar-refractivity contribution >= 4 is 28.8 Å². The molecule has 0 aromatic carbocycles. The topological polar surface area (TPSA) is 49.3 Å². The first-order valence-electron chi connectivity index (χ1n) is 6.76. The Balaban J connectivity index is 1.65. The summed E-state index contributed by atoms with van der Waals surface area (Å²) in [5.41, 5.74) is 0. The van der Waals surface area contributed by atoms with Gasteiger partial charge in [0.15, 0.2) is 0 Å². The van der Waals surface area contributed by atoms with Gasteiger partial charge in [0, 0.05) is 19.1 Å². The molecule has 19 heavy (non-hydrogen) atoms. The Morgan fingerprint density at radius 3 is 2.68 bits per heavy atom. The number of carbonyl (C=O) groups is 1. The summed E-state index contributed by atoms with van der Waals surface area (Å²) in [6.45, 7) is 3.99. The third-order valence-electron chi connectivity index (χ3n) is 3.92. The highest BCUT2D eigenvalue weighted by Crippen LogP contribution is 2.23. The average Bonchev–Trinajstić information content (AvgIpc) is 3.09. The second-order valence-corrected chi connectivity index (χ2v) is 6.71. The lowest BCUT2D eigenvalue weighted by atomic mass is 10.0. The van der Waals surface area contributed by atoms with Crippen LogP contribution in [0.3, 0.4) is 0 Å². The van der Waals surface area contributed by atoms with Gasteiger partial charge in [0.2, 0.25) is 9.47 Å². The summed E-state index contributed by atoms with van der Waals surface area (Å²) in [4.78, 5) is 16.8. The summed E-state index contributed by atoms with van der Waals surface area (Å²) >= 11 is 6.90. The van der Waals surface area contributed by atoms with Crippen molar-refractivity contribution in [2.75, 3.05) is 26.2 Å². The van der Waals surface area contributed by atoms with Crippen molar-refractivity contribution in [1.29, 1.82) is 0 Å². The highest BCUT2D eigenvalue weighted by molar-refractivity contribution is 7.17. The Labute approximate surface area is 121 Å². The predicted molar refractivity (Wildman–Crippen MR) is 74.7 cm³/mol. The third kappa shape index (κ3) is 2.90. The molecule has 0 spiro atoms. The number of halogens is 1. The highest BCUT2D eigenvalue weighted by Gasteiger charge is 2.30. The molecule has 1 amide bonds. The molecule has 1 aromatic rings. The Morgan fingerprint density at radius 1 is 1.21 bits per heavy atom. The summed E-state index contributed by atoms with van der Waals surface area (Å²) in [5.74, 6) is -0.0201. The van der Waals surface area contributed by atoms with Gasteiger partial charge in [0.25, 0.3) is 5.91 Å². The van der Waals surface area contributed by atoms with Gasteiger partial charge in [-0.3, -0.25) is 9.69 Å². The zero-order valence-electron chi connectivity index (χ0n) is 10.7. The molecule has 0 aliphatic carbocycles. The number of nitrogens with zero attached hydrogens (tertiary/aromatic N) is 4. The van der Waals surface area contributed by atoms with Crippen molar-refractivity contribution in [2.24, 2.45) is 0 Å². The number of rotatable bonds is 2. The predicted octanol–water partition coefficient (Wildman–Crippen LogP) is 1.89. The number of likely N-dealkylation sites (tertiary alicyclic amines) is 2. The van der Waals surface area contributed by atoms with Crippen molar-refractivity contribution in [3.8, 4) is 0 Å². The molecule has 2 aliphatic heterocycles. The van der Waals surface area contributed by atoms with E-state index in [9.17, 15) is 4.79 Å². The van der Waals surface area contributed by atoms with Crippen LogP contribution >= 0.6 is 22.9 Å². The van der Waals surface area contributed by atoms with Crippen LogP contribution in [-0.4, -0.2) is 58.1 Å². The molecule has 0 radical (unpaired) electrons. The molecule has 1 atom stereocenters. The lowest BCUT2D eigenvalue weighted by molar-refractivity contribution is 0.0607. The molecule has 7 heteroatoms. The van der Waals surface area contributed by atoms with Gasteiger partial charge in [-0.1, -0.05) is 11.3 Å². The van der Waals surface area contributed by atoms with Gasteiger partial charge in [0.05, 0.1) is 0 Å². The van der Waals surface area contributed by atoms with Gasteiger partial charge in [-0.05, 0) is 50.4 Å². The zero-order chi connectivity index (χ0) is 13.2. The fraction of sp³-hybridized carbons (Fsp3) is 0.750. The molecule has 2 saturated heterocycles. The number of carbonyl (C=O) groups excluding carboxylic acids is 1. The number of hydrogen-bond acceptors (Lipinski definition) is 5. The smallest absolute Gasteiger partial charge is 0.284 e. The largest absolute Gasteiger partial charge is 0.335 e. The Morgan fingerprint density at radius 2 is 2.00 bits per heavy atom. The van der Waals surface area contributed by atoms with E-state index >= 15 is 0 Å². The van der Waals surface area contributed by atoms with Crippen LogP contribution in [0.1, 0.15) is 35.5 Å². The average molecular weight is 301 g/mol. The van der Waals surface area contributed by atoms with E-state index in [1.807, 2.05) is 4.90 Å². The van der Waals surface area contributed by atoms with Crippen LogP contribution in [0, 0.1) is 0 Å². The molecule has 3 heterocycles. The molecular weight excluding hydrogens is 284 g/mol. The minimum absolute atomic E-state index is 0.0201. The molecule has 104 valence electrons. The van der Waals surface area contributed by atoms with Crippen LogP contribution in [0.5, 0.6) is 0 Å². The van der Waals surface area contributed by atoms with E-state index < -0.39 is 0 Å². The first-order chi connectivity index (χ1) is 9.24. The Hall–Kier alpha value is -0.720. The van der Waals surface area contributed by atoms with E-state index in [-0.39, 0.29) is 5.91 Å². The van der Waals surface area contributed by atoms with Crippen LogP contribution in [0.2, 0.25) is 4.47 Å². The summed E-state index contributed by atoms with van der Waals surface area (Å²) in [5, 5.41) is 7.96. The quantitative estimate of drug-likeness (QED) is 0.837. The Kier molecular flexibility index (Phi) is 4.00. The molecule has 2 fully saturated rings. The second-order valence-electron chi connectivity index (χ2n) is 5.15. The molecule has 0 N–H and O–H groups in total. The second kappa shape index (κ2) is 5.73. The summed E-state index contributed by atoms with van der Waals surface area (Å²) < 4.78 is 0.330. The maximum atomic E-state index is 12.3. The van der Waals surface area contributed by atoms with Crippen molar-refractivity contribution in [3.63, 3.8) is 0 Å². The summed E-state index contributed by atoms with van der Waals surface area (Å²) in [7, 11) is 0. The lowest BCUT2D eigenvalue weighted by Crippen LogP contribution is -2.48. The van der Waals surface area contributed by atoms with Crippen molar-refractivity contribution in [2.45, 2.75) is 31.7 Å². The minimum atomic E-state index is -0.0201. The van der Waals surface area contributed by atoms with Gasteiger partial charge < -0.3 is 4.90 Å². The SMILES string of the molecule is O=C(c1nnc(Cl)s1)N1CCCC(N2CCCC2)C1. The first-order valence-corrected chi connectivity index (χ1v) is 7.96. The molecule has 3 rings (SSSR count). The molecule has 0 saturated carbocycles. The van der Waals surface area contributed by atoms with Crippen LogP contribution in [0.4, 0.5) is 0 Å². The third-order valence-corrected chi connectivity index (χ3v) is 4.93. The van der Waals surface area contributed by atoms with Crippen LogP contribution in [0.25, 0.3) is 0 Å². The van der Waals surface area contributed by atoms with Gasteiger partial charge in [-0.25, -0.2) is 0 Å². The fourth-order valence-electron chi connectivity index (χ4n) is 2.97. The molecule has 2 aliphatic rings. The highest BCUT2D eigenvalue weighted by atomic mass is 35.5. The van der Waals surface area contributed by atoms with Crippen molar-refractivity contribution in [3.05, 3.63) is 9.47 Å². The Bertz CT molecular complexity index is 460. The van der Waals surface area contributed by atoms with Gasteiger partial charge >= 0.3 is 0 Å². The number of piperidine rings is 1. The maximum Gasteiger partial charge on any atom is 0.284 e. The normalized spacial score (nSPS) is 24.9. The van der Waals surface area contributed by atoms with E-state index in [1.54, 1.807) is 0 Å². The summed E-state index contributed by atoms with van der Waals surface area (Å²) in [6.07, 6.45) is 4.84.